The molecule has 6 heteroatoms. The molecule has 0 amide bonds. The Balaban J connectivity index is 2.20. The minimum Gasteiger partial charge on any atom is -0.327 e. The molecule has 1 aromatic heterocycles. The summed E-state index contributed by atoms with van der Waals surface area (Å²) in [6.07, 6.45) is -1.63. The fraction of sp³-hybridized carbons (Fsp3) is 0.500. The van der Waals surface area contributed by atoms with Gasteiger partial charge in [0.2, 0.25) is 0 Å². The molecule has 108 valence electrons. The summed E-state index contributed by atoms with van der Waals surface area (Å²) < 4.78 is 40.3. The molecule has 0 aliphatic heterocycles. The zero-order valence-electron chi connectivity index (χ0n) is 11.2. The Labute approximate surface area is 114 Å². The van der Waals surface area contributed by atoms with Crippen molar-refractivity contribution in [3.8, 4) is 0 Å². The molecule has 1 saturated carbocycles. The van der Waals surface area contributed by atoms with E-state index >= 15 is 0 Å². The van der Waals surface area contributed by atoms with Gasteiger partial charge in [-0.25, -0.2) is 4.98 Å². The van der Waals surface area contributed by atoms with Gasteiger partial charge in [-0.15, -0.1) is 0 Å². The summed E-state index contributed by atoms with van der Waals surface area (Å²) in [4.78, 5) is 4.47. The summed E-state index contributed by atoms with van der Waals surface area (Å²) in [5.74, 6) is 0.709. The van der Waals surface area contributed by atoms with Crippen molar-refractivity contribution in [1.82, 2.24) is 9.55 Å². The Morgan fingerprint density at radius 1 is 1.35 bits per heavy atom. The van der Waals surface area contributed by atoms with Gasteiger partial charge in [0, 0.05) is 6.54 Å². The van der Waals surface area contributed by atoms with Crippen molar-refractivity contribution in [3.63, 3.8) is 0 Å². The highest BCUT2D eigenvalue weighted by Gasteiger charge is 2.39. The number of alkyl halides is 3. The van der Waals surface area contributed by atoms with Crippen molar-refractivity contribution in [3.05, 3.63) is 29.6 Å². The van der Waals surface area contributed by atoms with Crippen LogP contribution in [0.4, 0.5) is 13.2 Å². The van der Waals surface area contributed by atoms with Crippen molar-refractivity contribution in [1.29, 1.82) is 0 Å². The number of benzene rings is 1. The standard InChI is InChI=1S/C14H16F3N3/c1-2-20-11-8-9(14(15,16)17)4-5-10(11)19-12(20)13(18)6-3-7-13/h4-5,8H,2-3,6-7,18H2,1H3. The first-order chi connectivity index (χ1) is 9.35. The van der Waals surface area contributed by atoms with Crippen molar-refractivity contribution >= 4 is 11.0 Å². The summed E-state index contributed by atoms with van der Waals surface area (Å²) in [6.45, 7) is 2.46. The first-order valence-corrected chi connectivity index (χ1v) is 6.72. The molecule has 1 fully saturated rings. The minimum absolute atomic E-state index is 0.479. The first kappa shape index (κ1) is 13.4. The van der Waals surface area contributed by atoms with E-state index in [1.54, 1.807) is 0 Å². The molecule has 0 saturated heterocycles. The number of nitrogens with zero attached hydrogens (tertiary/aromatic N) is 2. The lowest BCUT2D eigenvalue weighted by atomic mass is 9.77. The molecule has 1 heterocycles. The molecule has 0 radical (unpaired) electrons. The van der Waals surface area contributed by atoms with E-state index in [0.29, 0.717) is 23.4 Å². The third-order valence-electron chi connectivity index (χ3n) is 4.08. The van der Waals surface area contributed by atoms with Gasteiger partial charge in [-0.05, 0) is 44.4 Å². The van der Waals surface area contributed by atoms with E-state index in [0.717, 1.165) is 31.4 Å². The molecule has 0 bridgehead atoms. The second kappa shape index (κ2) is 4.22. The van der Waals surface area contributed by atoms with Crippen LogP contribution in [0.2, 0.25) is 0 Å². The largest absolute Gasteiger partial charge is 0.416 e. The van der Waals surface area contributed by atoms with Crippen LogP contribution in [0.25, 0.3) is 11.0 Å². The summed E-state index contributed by atoms with van der Waals surface area (Å²) in [5.41, 5.74) is 6.24. The lowest BCUT2D eigenvalue weighted by Gasteiger charge is -2.37. The highest BCUT2D eigenvalue weighted by atomic mass is 19.4. The number of hydrogen-bond donors (Lipinski definition) is 1. The number of aryl methyl sites for hydroxylation is 1. The maximum atomic E-state index is 12.8. The average Bonchev–Trinajstić information content (AvgIpc) is 2.72. The number of hydrogen-bond acceptors (Lipinski definition) is 2. The molecule has 3 rings (SSSR count). The van der Waals surface area contributed by atoms with Crippen LogP contribution >= 0.6 is 0 Å². The molecule has 2 aromatic rings. The van der Waals surface area contributed by atoms with E-state index in [9.17, 15) is 13.2 Å². The molecule has 0 spiro atoms. The minimum atomic E-state index is -4.34. The molecule has 1 aliphatic rings. The van der Waals surface area contributed by atoms with E-state index < -0.39 is 17.3 Å². The SMILES string of the molecule is CCn1c(C2(N)CCC2)nc2ccc(C(F)(F)F)cc21. The first-order valence-electron chi connectivity index (χ1n) is 6.72. The van der Waals surface area contributed by atoms with Crippen LogP contribution in [0.3, 0.4) is 0 Å². The van der Waals surface area contributed by atoms with Crippen LogP contribution in [0.1, 0.15) is 37.6 Å². The summed E-state index contributed by atoms with van der Waals surface area (Å²) in [7, 11) is 0. The van der Waals surface area contributed by atoms with Gasteiger partial charge < -0.3 is 10.3 Å². The smallest absolute Gasteiger partial charge is 0.327 e. The van der Waals surface area contributed by atoms with Crippen molar-refractivity contribution in [2.45, 2.75) is 44.4 Å². The third-order valence-corrected chi connectivity index (χ3v) is 4.08. The zero-order valence-corrected chi connectivity index (χ0v) is 11.2. The zero-order chi connectivity index (χ0) is 14.5. The quantitative estimate of drug-likeness (QED) is 0.917. The normalized spacial score (nSPS) is 18.2. The fourth-order valence-corrected chi connectivity index (χ4v) is 2.78. The van der Waals surface area contributed by atoms with E-state index in [1.807, 2.05) is 11.5 Å². The number of halogens is 3. The maximum Gasteiger partial charge on any atom is 0.416 e. The molecule has 1 aliphatic carbocycles. The number of aromatic nitrogens is 2. The molecule has 1 aromatic carbocycles. The topological polar surface area (TPSA) is 43.8 Å². The maximum absolute atomic E-state index is 12.8. The number of nitrogens with two attached hydrogens (primary N) is 1. The Kier molecular flexibility index (Phi) is 2.83. The van der Waals surface area contributed by atoms with Gasteiger partial charge in [-0.1, -0.05) is 0 Å². The van der Waals surface area contributed by atoms with Crippen LogP contribution in [0.15, 0.2) is 18.2 Å². The molecule has 0 atom stereocenters. The van der Waals surface area contributed by atoms with E-state index in [4.69, 9.17) is 5.73 Å². The van der Waals surface area contributed by atoms with Gasteiger partial charge >= 0.3 is 6.18 Å². The van der Waals surface area contributed by atoms with Crippen LogP contribution in [-0.4, -0.2) is 9.55 Å². The number of fused-ring (bicyclic) bond motifs is 1. The summed E-state index contributed by atoms with van der Waals surface area (Å²) in [6, 6.07) is 3.66. The number of imidazole rings is 1. The van der Waals surface area contributed by atoms with Gasteiger partial charge in [0.05, 0.1) is 22.1 Å². The molecular weight excluding hydrogens is 267 g/mol. The Bertz CT molecular complexity index is 653. The second-order valence-electron chi connectivity index (χ2n) is 5.39. The van der Waals surface area contributed by atoms with E-state index in [1.165, 1.54) is 6.07 Å². The monoisotopic (exact) mass is 283 g/mol. The van der Waals surface area contributed by atoms with Gasteiger partial charge in [0.25, 0.3) is 0 Å². The fourth-order valence-electron chi connectivity index (χ4n) is 2.78. The summed E-state index contributed by atoms with van der Waals surface area (Å²) in [5, 5.41) is 0. The van der Waals surface area contributed by atoms with Crippen molar-refractivity contribution < 1.29 is 13.2 Å². The average molecular weight is 283 g/mol. The van der Waals surface area contributed by atoms with E-state index in [-0.39, 0.29) is 0 Å². The highest BCUT2D eigenvalue weighted by Crippen LogP contribution is 2.40. The van der Waals surface area contributed by atoms with Crippen molar-refractivity contribution in [2.75, 3.05) is 0 Å². The number of rotatable bonds is 2. The molecule has 20 heavy (non-hydrogen) atoms. The summed E-state index contributed by atoms with van der Waals surface area (Å²) >= 11 is 0. The predicted octanol–water partition coefficient (Wildman–Crippen LogP) is 3.41. The third kappa shape index (κ3) is 1.90. The van der Waals surface area contributed by atoms with Crippen LogP contribution in [-0.2, 0) is 18.3 Å². The van der Waals surface area contributed by atoms with Crippen LogP contribution < -0.4 is 5.73 Å². The molecule has 0 unspecified atom stereocenters. The van der Waals surface area contributed by atoms with Crippen LogP contribution in [0.5, 0.6) is 0 Å². The molecular formula is C14H16F3N3. The Hall–Kier alpha value is -1.56. The second-order valence-corrected chi connectivity index (χ2v) is 5.39. The van der Waals surface area contributed by atoms with Gasteiger partial charge in [0.15, 0.2) is 0 Å². The van der Waals surface area contributed by atoms with Crippen molar-refractivity contribution in [2.24, 2.45) is 5.73 Å². The molecule has 3 nitrogen and oxygen atoms in total. The van der Waals surface area contributed by atoms with E-state index in [2.05, 4.69) is 4.98 Å². The Morgan fingerprint density at radius 2 is 2.05 bits per heavy atom. The highest BCUT2D eigenvalue weighted by molar-refractivity contribution is 5.77. The van der Waals surface area contributed by atoms with Gasteiger partial charge in [-0.3, -0.25) is 0 Å². The molecule has 2 N–H and O–H groups in total. The lowest BCUT2D eigenvalue weighted by Crippen LogP contribution is -2.45. The van der Waals surface area contributed by atoms with Gasteiger partial charge in [-0.2, -0.15) is 13.2 Å². The van der Waals surface area contributed by atoms with Gasteiger partial charge in [0.1, 0.15) is 5.82 Å². The van der Waals surface area contributed by atoms with Crippen LogP contribution in [0, 0.1) is 0 Å². The lowest BCUT2D eigenvalue weighted by molar-refractivity contribution is -0.137. The Morgan fingerprint density at radius 3 is 2.55 bits per heavy atom. The predicted molar refractivity (Wildman–Crippen MR) is 70.1 cm³/mol.